The van der Waals surface area contributed by atoms with Crippen molar-refractivity contribution in [2.45, 2.75) is 52.6 Å². The van der Waals surface area contributed by atoms with Gasteiger partial charge in [0.1, 0.15) is 0 Å². The fourth-order valence-corrected chi connectivity index (χ4v) is 4.93. The predicted molar refractivity (Wildman–Crippen MR) is 121 cm³/mol. The minimum atomic E-state index is -0.392. The van der Waals surface area contributed by atoms with Crippen LogP contribution in [-0.2, 0) is 16.6 Å². The minimum Gasteiger partial charge on any atom is -0.355 e. The van der Waals surface area contributed by atoms with E-state index in [9.17, 15) is 9.59 Å². The summed E-state index contributed by atoms with van der Waals surface area (Å²) in [5, 5.41) is 7.44. The van der Waals surface area contributed by atoms with Crippen LogP contribution in [0.15, 0.2) is 12.4 Å². The molecule has 2 amide bonds. The molecule has 3 heterocycles. The summed E-state index contributed by atoms with van der Waals surface area (Å²) in [5.41, 5.74) is 0.561. The van der Waals surface area contributed by atoms with Gasteiger partial charge in [0.15, 0.2) is 0 Å². The monoisotopic (exact) mass is 432 g/mol. The van der Waals surface area contributed by atoms with E-state index in [-0.39, 0.29) is 29.8 Å². The maximum Gasteiger partial charge on any atom is 0.226 e. The van der Waals surface area contributed by atoms with Crippen LogP contribution in [-0.4, -0.2) is 87.6 Å². The van der Waals surface area contributed by atoms with Gasteiger partial charge in [0.2, 0.25) is 11.8 Å². The summed E-state index contributed by atoms with van der Waals surface area (Å²) in [6.45, 7) is 17.6. The van der Waals surface area contributed by atoms with Gasteiger partial charge in [-0.15, -0.1) is 0 Å². The van der Waals surface area contributed by atoms with Crippen molar-refractivity contribution in [1.29, 1.82) is 0 Å². The molecule has 1 N–H and O–H groups in total. The topological polar surface area (TPSA) is 73.7 Å². The first kappa shape index (κ1) is 23.7. The average Bonchev–Trinajstić information content (AvgIpc) is 3.29. The molecule has 1 aromatic rings. The molecule has 174 valence electrons. The highest BCUT2D eigenvalue weighted by Crippen LogP contribution is 2.42. The van der Waals surface area contributed by atoms with Crippen molar-refractivity contribution in [1.82, 2.24) is 29.8 Å². The van der Waals surface area contributed by atoms with Crippen molar-refractivity contribution in [3.05, 3.63) is 18.0 Å². The van der Waals surface area contributed by atoms with Crippen molar-refractivity contribution in [2.24, 2.45) is 18.9 Å². The van der Waals surface area contributed by atoms with Crippen LogP contribution < -0.4 is 5.32 Å². The standard InChI is InChI=1S/C23H40N6O2/c1-7-27-8-10-28(11-9-27)15-17(2)13-24-22(31)19-12-20(30)29(23(3,4)5)21(19)18-14-25-26(6)16-18/h14,16-17,19,21H,7-13,15H2,1-6H3,(H,24,31)/t17-,19+,21+/m1/s1. The lowest BCUT2D eigenvalue weighted by molar-refractivity contribution is -0.133. The molecule has 2 aliphatic heterocycles. The van der Waals surface area contributed by atoms with E-state index in [4.69, 9.17) is 0 Å². The van der Waals surface area contributed by atoms with Crippen LogP contribution in [0, 0.1) is 11.8 Å². The molecule has 0 bridgehead atoms. The Kier molecular flexibility index (Phi) is 7.42. The maximum absolute atomic E-state index is 13.2. The van der Waals surface area contributed by atoms with Crippen LogP contribution in [0.2, 0.25) is 0 Å². The average molecular weight is 433 g/mol. The maximum atomic E-state index is 13.2. The van der Waals surface area contributed by atoms with Gasteiger partial charge < -0.3 is 20.0 Å². The van der Waals surface area contributed by atoms with Gasteiger partial charge >= 0.3 is 0 Å². The van der Waals surface area contributed by atoms with E-state index in [2.05, 4.69) is 34.1 Å². The molecule has 0 saturated carbocycles. The summed E-state index contributed by atoms with van der Waals surface area (Å²) >= 11 is 0. The number of piperazine rings is 1. The van der Waals surface area contributed by atoms with E-state index >= 15 is 0 Å². The Balaban J connectivity index is 1.61. The highest BCUT2D eigenvalue weighted by molar-refractivity contribution is 5.90. The normalized spacial score (nSPS) is 24.6. The Hall–Kier alpha value is -1.93. The molecule has 8 nitrogen and oxygen atoms in total. The lowest BCUT2D eigenvalue weighted by Crippen LogP contribution is -2.48. The zero-order valence-electron chi connectivity index (χ0n) is 20.1. The molecular formula is C23H40N6O2. The summed E-state index contributed by atoms with van der Waals surface area (Å²) in [6, 6.07) is -0.279. The van der Waals surface area contributed by atoms with Crippen LogP contribution >= 0.6 is 0 Å². The summed E-state index contributed by atoms with van der Waals surface area (Å²) in [4.78, 5) is 32.9. The van der Waals surface area contributed by atoms with Crippen molar-refractivity contribution in [2.75, 3.05) is 45.8 Å². The smallest absolute Gasteiger partial charge is 0.226 e. The molecule has 1 aromatic heterocycles. The number of aryl methyl sites for hydroxylation is 1. The third-order valence-corrected chi connectivity index (χ3v) is 6.56. The van der Waals surface area contributed by atoms with E-state index in [0.29, 0.717) is 12.5 Å². The Bertz CT molecular complexity index is 762. The van der Waals surface area contributed by atoms with E-state index in [1.54, 1.807) is 10.9 Å². The van der Waals surface area contributed by atoms with Crippen LogP contribution in [0.3, 0.4) is 0 Å². The summed E-state index contributed by atoms with van der Waals surface area (Å²) < 4.78 is 1.73. The van der Waals surface area contributed by atoms with Crippen molar-refractivity contribution in [3.8, 4) is 0 Å². The number of likely N-dealkylation sites (N-methyl/N-ethyl adjacent to an activating group) is 1. The molecule has 0 unspecified atom stereocenters. The Morgan fingerprint density at radius 2 is 1.87 bits per heavy atom. The fourth-order valence-electron chi connectivity index (χ4n) is 4.93. The first-order valence-electron chi connectivity index (χ1n) is 11.6. The number of aromatic nitrogens is 2. The number of hydrogen-bond donors (Lipinski definition) is 1. The van der Waals surface area contributed by atoms with Crippen molar-refractivity contribution >= 4 is 11.8 Å². The van der Waals surface area contributed by atoms with Gasteiger partial charge in [0.05, 0.1) is 18.2 Å². The zero-order chi connectivity index (χ0) is 22.8. The SMILES string of the molecule is CCN1CCN(C[C@H](C)CNC(=O)[C@H]2CC(=O)N(C(C)(C)C)[C@H]2c2cnn(C)c2)CC1. The summed E-state index contributed by atoms with van der Waals surface area (Å²) in [5.74, 6) is -0.0269. The van der Waals surface area contributed by atoms with E-state index in [1.165, 1.54) is 0 Å². The quantitative estimate of drug-likeness (QED) is 0.707. The number of nitrogens with zero attached hydrogens (tertiary/aromatic N) is 5. The summed E-state index contributed by atoms with van der Waals surface area (Å²) in [6.07, 6.45) is 3.94. The van der Waals surface area contributed by atoms with Crippen LogP contribution in [0.5, 0.6) is 0 Å². The van der Waals surface area contributed by atoms with Gasteiger partial charge in [-0.05, 0) is 33.2 Å². The second-order valence-electron chi connectivity index (χ2n) is 10.2. The van der Waals surface area contributed by atoms with Crippen molar-refractivity contribution in [3.63, 3.8) is 0 Å². The molecule has 0 aromatic carbocycles. The van der Waals surface area contributed by atoms with Gasteiger partial charge in [-0.1, -0.05) is 13.8 Å². The summed E-state index contributed by atoms with van der Waals surface area (Å²) in [7, 11) is 1.86. The van der Waals surface area contributed by atoms with Gasteiger partial charge in [-0.2, -0.15) is 5.10 Å². The molecule has 0 radical (unpaired) electrons. The number of hydrogen-bond acceptors (Lipinski definition) is 5. The van der Waals surface area contributed by atoms with Gasteiger partial charge in [-0.3, -0.25) is 14.3 Å². The molecule has 8 heteroatoms. The van der Waals surface area contributed by atoms with Crippen LogP contribution in [0.1, 0.15) is 52.6 Å². The molecule has 0 aliphatic carbocycles. The molecule has 3 atom stereocenters. The number of amides is 2. The molecule has 3 rings (SSSR count). The van der Waals surface area contributed by atoms with Crippen LogP contribution in [0.4, 0.5) is 0 Å². The third kappa shape index (κ3) is 5.66. The lowest BCUT2D eigenvalue weighted by atomic mass is 9.92. The highest BCUT2D eigenvalue weighted by atomic mass is 16.2. The minimum absolute atomic E-state index is 0.0309. The number of carbonyl (C=O) groups is 2. The second-order valence-corrected chi connectivity index (χ2v) is 10.2. The number of nitrogens with one attached hydrogen (secondary N) is 1. The molecule has 31 heavy (non-hydrogen) atoms. The number of rotatable bonds is 7. The highest BCUT2D eigenvalue weighted by Gasteiger charge is 2.48. The molecular weight excluding hydrogens is 392 g/mol. The Morgan fingerprint density at radius 1 is 1.23 bits per heavy atom. The Morgan fingerprint density at radius 3 is 2.42 bits per heavy atom. The zero-order valence-corrected chi connectivity index (χ0v) is 20.1. The lowest BCUT2D eigenvalue weighted by Gasteiger charge is -2.38. The molecule has 2 fully saturated rings. The largest absolute Gasteiger partial charge is 0.355 e. The molecule has 2 saturated heterocycles. The van der Waals surface area contributed by atoms with E-state index < -0.39 is 5.92 Å². The molecule has 2 aliphatic rings. The first-order valence-corrected chi connectivity index (χ1v) is 11.6. The van der Waals surface area contributed by atoms with Crippen molar-refractivity contribution < 1.29 is 9.59 Å². The Labute approximate surface area is 186 Å². The first-order chi connectivity index (χ1) is 14.6. The number of carbonyl (C=O) groups excluding carboxylic acids is 2. The van der Waals surface area contributed by atoms with Gasteiger partial charge in [0, 0.05) is 70.0 Å². The van der Waals surface area contributed by atoms with Gasteiger partial charge in [0.25, 0.3) is 0 Å². The predicted octanol–water partition coefficient (Wildman–Crippen LogP) is 1.50. The second kappa shape index (κ2) is 9.69. The molecule has 0 spiro atoms. The van der Waals surface area contributed by atoms with E-state index in [1.807, 2.05) is 38.9 Å². The third-order valence-electron chi connectivity index (χ3n) is 6.56. The van der Waals surface area contributed by atoms with Crippen LogP contribution in [0.25, 0.3) is 0 Å². The van der Waals surface area contributed by atoms with Gasteiger partial charge in [-0.25, -0.2) is 0 Å². The van der Waals surface area contributed by atoms with E-state index in [0.717, 1.165) is 44.8 Å². The fraction of sp³-hybridized carbons (Fsp3) is 0.783. The number of likely N-dealkylation sites (tertiary alicyclic amines) is 1.